The van der Waals surface area contributed by atoms with Crippen molar-refractivity contribution < 1.29 is 156 Å². The van der Waals surface area contributed by atoms with Gasteiger partial charge in [-0.15, -0.1) is 0 Å². The van der Waals surface area contributed by atoms with Crippen LogP contribution in [0.25, 0.3) is 0 Å². The summed E-state index contributed by atoms with van der Waals surface area (Å²) >= 11 is 0. The monoisotopic (exact) mass is 1330 g/mol. The lowest BCUT2D eigenvalue weighted by molar-refractivity contribution is -0.161. The summed E-state index contributed by atoms with van der Waals surface area (Å²) in [4.78, 5) is 42.4. The van der Waals surface area contributed by atoms with Crippen LogP contribution in [0.15, 0.2) is 36.3 Å². The van der Waals surface area contributed by atoms with Crippen LogP contribution in [-0.4, -0.2) is 151 Å². The summed E-state index contributed by atoms with van der Waals surface area (Å²) in [5.74, 6) is -49.7. The fraction of sp³-hybridized carbons (Fsp3) is 0.708. The summed E-state index contributed by atoms with van der Waals surface area (Å²) in [6, 6.07) is -28.2. The molecule has 12 unspecified atom stereocenters. The zero-order chi connectivity index (χ0) is 129. The molecule has 90 heavy (non-hydrogen) atoms. The van der Waals surface area contributed by atoms with Crippen molar-refractivity contribution in [3.63, 3.8) is 0 Å². The number of benzene rings is 3. The van der Waals surface area contributed by atoms with Crippen LogP contribution >= 0.6 is 0 Å². The zero-order valence-electron chi connectivity index (χ0n) is 121. The third-order valence-corrected chi connectivity index (χ3v) is 12.8. The molecule has 0 bridgehead atoms. The van der Waals surface area contributed by atoms with Crippen LogP contribution in [-0.2, 0) is 47.9 Å². The lowest BCUT2D eigenvalue weighted by atomic mass is 9.79. The van der Waals surface area contributed by atoms with Crippen LogP contribution in [0.1, 0.15) is 271 Å². The normalized spacial score (nSPS) is 50.3. The minimum absolute atomic E-state index is 0.129. The number of hydrogen-bond donors (Lipinski definition) is 3. The number of esters is 3. The first-order chi connectivity index (χ1) is 70.8. The molecule has 15 atom stereocenters. The molecule has 0 amide bonds. The summed E-state index contributed by atoms with van der Waals surface area (Å²) in [6.07, 6.45) is -38.8. The minimum atomic E-state index is -4.71. The Kier molecular flexibility index (Phi) is 8.07. The van der Waals surface area contributed by atoms with E-state index in [9.17, 15) is 39.1 Å². The standard InChI is InChI=1S/3C24H38N2O4/c3*1-14(2)9-17-13-26-8-7-16-10-21(28-5)22(29-6)11-18(16)19(26)12-20(17)30-24(27)23(25)15(3)4/h3*10-11,14-15,17,19-20,23H,7-9,12-13,25H2,1-6H3/t3*17?,19?,20?,23-/m000/s1/i1D3,3D3,4D3,5D3,9D2,10D,11D,12D2,13D2,14D,15D,17D,20D,23D;1D3,3D3,4D3,5D3,9D2,10D,11D,12D2,13D2,14D,15D,17D,19D,23D;1D3,3D3,4D3,9D2,10D,11D,12D2,13D2,14D,15D,17D,19D,23D/t3*14?,17?,19?,20?,23-. The fourth-order valence-corrected chi connectivity index (χ4v) is 8.81. The molecule has 6 heterocycles. The van der Waals surface area contributed by atoms with Crippen LogP contribution in [0.2, 0.25) is 0 Å². The van der Waals surface area contributed by atoms with Crippen LogP contribution in [0.5, 0.6) is 34.5 Å². The predicted molar refractivity (Wildman–Crippen MR) is 353 cm³/mol. The Bertz CT molecular complexity index is 6100. The molecule has 0 aliphatic carbocycles. The van der Waals surface area contributed by atoms with E-state index in [1.54, 1.807) is 0 Å². The average Bonchev–Trinajstić information content (AvgIpc) is 0.652. The lowest BCUT2D eigenvalue weighted by Gasteiger charge is -2.47. The third-order valence-electron chi connectivity index (χ3n) is 12.8. The number of nitrogens with zero attached hydrogens (tertiary/aromatic N) is 3. The fourth-order valence-electron chi connectivity index (χ4n) is 8.81. The summed E-state index contributed by atoms with van der Waals surface area (Å²) in [5.41, 5.74) is 12.9. The second-order valence-electron chi connectivity index (χ2n) is 19.1. The van der Waals surface area contributed by atoms with E-state index in [4.69, 9.17) is 134 Å². The van der Waals surface area contributed by atoms with E-state index in [0.717, 1.165) is 28.4 Å². The summed E-state index contributed by atoms with van der Waals surface area (Å²) in [7, 11) is -2.68. The van der Waals surface area contributed by atoms with Crippen molar-refractivity contribution >= 4 is 17.9 Å². The summed E-state index contributed by atoms with van der Waals surface area (Å²) < 4.78 is 650. The number of ether oxygens (including phenoxy) is 9. The van der Waals surface area contributed by atoms with E-state index in [-0.39, 0.29) is 21.1 Å². The highest BCUT2D eigenvalue weighted by molar-refractivity contribution is 5.77. The van der Waals surface area contributed by atoms with E-state index >= 15 is 0 Å². The first kappa shape index (κ1) is 22.4. The molecule has 504 valence electrons. The van der Waals surface area contributed by atoms with Gasteiger partial charge in [0.1, 0.15) is 36.3 Å². The summed E-state index contributed by atoms with van der Waals surface area (Å²) in [5, 5.41) is 0. The topological polar surface area (TPSA) is 222 Å². The molecule has 0 spiro atoms. The van der Waals surface area contributed by atoms with Crippen molar-refractivity contribution in [2.24, 2.45) is 70.2 Å². The Labute approximate surface area is 640 Å². The number of hydrogen-bond acceptors (Lipinski definition) is 18. The Hall–Kier alpha value is -5.37. The quantitative estimate of drug-likeness (QED) is 0.0666. The van der Waals surface area contributed by atoms with Crippen molar-refractivity contribution in [3.8, 4) is 34.5 Å². The van der Waals surface area contributed by atoms with E-state index < -0.39 is 391 Å². The molecule has 0 saturated carbocycles. The largest absolute Gasteiger partial charge is 0.493 e. The Morgan fingerprint density at radius 1 is 0.511 bits per heavy atom. The van der Waals surface area contributed by atoms with Gasteiger partial charge in [-0.25, -0.2) is 0 Å². The van der Waals surface area contributed by atoms with Crippen LogP contribution in [0.4, 0.5) is 0 Å². The van der Waals surface area contributed by atoms with Gasteiger partial charge in [0.05, 0.1) is 67.2 Å². The van der Waals surface area contributed by atoms with Gasteiger partial charge >= 0.3 is 17.9 Å². The van der Waals surface area contributed by atoms with Crippen molar-refractivity contribution in [2.45, 2.75) is 194 Å². The first-order valence-corrected chi connectivity index (χ1v) is 26.1. The molecule has 6 N–H and O–H groups in total. The Balaban J connectivity index is 0.000000327. The molecule has 9 rings (SSSR count). The molecule has 3 saturated heterocycles. The number of carbonyl (C=O) groups excluding carboxylic acids is 3. The molecular weight excluding hydrogens is 1140 g/mol. The van der Waals surface area contributed by atoms with Gasteiger partial charge in [-0.05, 0) is 143 Å². The molecule has 0 radical (unpaired) electrons. The van der Waals surface area contributed by atoms with E-state index in [1.807, 2.05) is 0 Å². The van der Waals surface area contributed by atoms with Gasteiger partial charge in [-0.1, -0.05) is 82.4 Å². The van der Waals surface area contributed by atoms with Gasteiger partial charge in [-0.3, -0.25) is 29.1 Å². The smallest absolute Gasteiger partial charge is 0.323 e. The van der Waals surface area contributed by atoms with Crippen LogP contribution < -0.4 is 45.6 Å². The number of methoxy groups -OCH3 is 6. The first-order valence-electron chi connectivity index (χ1n) is 62.1. The second kappa shape index (κ2) is 32.5. The Morgan fingerprint density at radius 3 is 1.24 bits per heavy atom. The van der Waals surface area contributed by atoms with E-state index in [0.29, 0.717) is 25.7 Å². The van der Waals surface area contributed by atoms with Gasteiger partial charge in [0, 0.05) is 168 Å². The highest BCUT2D eigenvalue weighted by atomic mass is 16.6. The average molecular weight is 1330 g/mol. The van der Waals surface area contributed by atoms with Gasteiger partial charge in [-0.2, -0.15) is 0 Å². The molecule has 0 aromatic heterocycles. The number of nitrogens with two attached hydrogens (primary N) is 3. The van der Waals surface area contributed by atoms with Crippen molar-refractivity contribution in [1.82, 2.24) is 14.7 Å². The number of piperidine rings is 3. The zero-order valence-corrected chi connectivity index (χ0v) is 48.9. The SMILES string of the molecule is [2H]c1c2c(c([2H])c(OC)c1OC([2H])([2H])[2H])C1([2H])N(CC2)C([2H])([2H])C([2H])(C([2H])([2H])C([2H])(C)C([2H])([2H])[2H])C(OC(=O)[C@@]([2H])(N)C([2H])(C([2H])([2H])[2H])C([2H])([2H])[2H])C1([2H])[2H].[2H]c1c2c(c([2H])c(OC)c1OC([2H])([2H])[2H])C1N(CC2)C([2H])([2H])C([2H])(C([2H])([2H])C([2H])(C)C([2H])([2H])[2H])C([2H])(OC(=O)[C@@]([2H])(N)C([2H])(C([2H])([2H])[2H])C([2H])([2H])[2H])C1([2H])[2H].[2H]c1c2c(c([2H])c(OC)c1OC)C1([2H])N(CC2)C([2H])([2H])C([2H])(C([2H])([2H])C([2H])(C)C([2H])([2H])[2H])C(OC(=O)[C@@]([2H])(N)C([2H])(C([2H])([2H])[2H])C([2H])([2H])[2H])C1([2H])[2H]. The molecule has 18 heteroatoms. The predicted octanol–water partition coefficient (Wildman–Crippen LogP) is 10.7. The van der Waals surface area contributed by atoms with Crippen molar-refractivity contribution in [2.75, 3.05) is 81.6 Å². The number of rotatable bonds is 21. The maximum atomic E-state index is 13.9. The molecular formula is C72H114N6O12. The second-order valence-corrected chi connectivity index (χ2v) is 19.1. The maximum absolute atomic E-state index is 13.9. The maximum Gasteiger partial charge on any atom is 0.323 e. The van der Waals surface area contributed by atoms with Gasteiger partial charge in [0.15, 0.2) is 34.5 Å². The third kappa shape index (κ3) is 17.5. The molecule has 6 aliphatic heterocycles. The van der Waals surface area contributed by atoms with Gasteiger partial charge in [0.2, 0.25) is 0 Å². The molecule has 3 aromatic rings. The van der Waals surface area contributed by atoms with Gasteiger partial charge < -0.3 is 59.8 Å². The van der Waals surface area contributed by atoms with E-state index in [1.165, 1.54) is 0 Å². The van der Waals surface area contributed by atoms with Crippen LogP contribution in [0, 0.1) is 53.0 Å². The van der Waals surface area contributed by atoms with Gasteiger partial charge in [0.25, 0.3) is 0 Å². The molecule has 3 aromatic carbocycles. The molecule has 6 aliphatic rings. The van der Waals surface area contributed by atoms with E-state index in [2.05, 4.69) is 0 Å². The number of carbonyl (C=O) groups is 3. The highest BCUT2D eigenvalue weighted by Gasteiger charge is 2.45. The number of fused-ring (bicyclic) bond motifs is 9. The highest BCUT2D eigenvalue weighted by Crippen LogP contribution is 2.48. The van der Waals surface area contributed by atoms with Crippen LogP contribution in [0.3, 0.4) is 0 Å². The molecule has 3 fully saturated rings. The van der Waals surface area contributed by atoms with Crippen molar-refractivity contribution in [3.05, 3.63) is 69.6 Å². The molecule has 18 nitrogen and oxygen atoms in total. The minimum Gasteiger partial charge on any atom is -0.493 e. The summed E-state index contributed by atoms with van der Waals surface area (Å²) in [6.45, 7) is -49.9. The Morgan fingerprint density at radius 2 is 0.856 bits per heavy atom. The van der Waals surface area contributed by atoms with Crippen molar-refractivity contribution in [1.29, 1.82) is 0 Å². The lowest BCUT2D eigenvalue weighted by Crippen LogP contribution is -2.51.